The minimum Gasteiger partial charge on any atom is -0.266 e. The van der Waals surface area contributed by atoms with E-state index in [0.29, 0.717) is 12.5 Å². The molecule has 0 fully saturated rings. The SMILES string of the molecule is CCCC(CCC)CON(O)O. The number of hydrogen-bond donors (Lipinski definition) is 2. The van der Waals surface area contributed by atoms with Gasteiger partial charge in [0.2, 0.25) is 0 Å². The van der Waals surface area contributed by atoms with E-state index in [-0.39, 0.29) is 5.39 Å². The summed E-state index contributed by atoms with van der Waals surface area (Å²) >= 11 is 0. The van der Waals surface area contributed by atoms with Gasteiger partial charge in [-0.3, -0.25) is 15.3 Å². The predicted octanol–water partition coefficient (Wildman–Crippen LogP) is 2.21. The average molecular weight is 177 g/mol. The fourth-order valence-corrected chi connectivity index (χ4v) is 1.30. The molecule has 0 aromatic carbocycles. The molecule has 0 aliphatic heterocycles. The van der Waals surface area contributed by atoms with Crippen LogP contribution in [0.25, 0.3) is 0 Å². The molecule has 0 bridgehead atoms. The Kier molecular flexibility index (Phi) is 7.39. The van der Waals surface area contributed by atoms with Crippen LogP contribution in [0.15, 0.2) is 0 Å². The molecule has 0 amide bonds. The second kappa shape index (κ2) is 7.49. The lowest BCUT2D eigenvalue weighted by molar-refractivity contribution is -0.494. The Morgan fingerprint density at radius 1 is 1.17 bits per heavy atom. The van der Waals surface area contributed by atoms with Crippen molar-refractivity contribution >= 4 is 0 Å². The highest BCUT2D eigenvalue weighted by atomic mass is 17.1. The Bertz CT molecular complexity index is 92.3. The lowest BCUT2D eigenvalue weighted by atomic mass is 10.00. The number of rotatable bonds is 7. The van der Waals surface area contributed by atoms with Crippen LogP contribution in [0.1, 0.15) is 39.5 Å². The normalized spacial score (nSPS) is 11.5. The van der Waals surface area contributed by atoms with Crippen molar-refractivity contribution in [3.8, 4) is 0 Å². The van der Waals surface area contributed by atoms with Crippen molar-refractivity contribution in [3.05, 3.63) is 0 Å². The molecule has 0 spiro atoms. The van der Waals surface area contributed by atoms with Crippen molar-refractivity contribution in [2.75, 3.05) is 6.61 Å². The Labute approximate surface area is 73.6 Å². The topological polar surface area (TPSA) is 52.9 Å². The van der Waals surface area contributed by atoms with Crippen molar-refractivity contribution < 1.29 is 15.3 Å². The summed E-state index contributed by atoms with van der Waals surface area (Å²) < 4.78 is 0. The van der Waals surface area contributed by atoms with Gasteiger partial charge in [0.25, 0.3) is 0 Å². The van der Waals surface area contributed by atoms with Crippen LogP contribution < -0.4 is 0 Å². The summed E-state index contributed by atoms with van der Waals surface area (Å²) in [5.41, 5.74) is 0. The third-order valence-corrected chi connectivity index (χ3v) is 1.82. The third-order valence-electron chi connectivity index (χ3n) is 1.82. The lowest BCUT2D eigenvalue weighted by Gasteiger charge is -2.15. The molecule has 4 heteroatoms. The minimum absolute atomic E-state index is 0.210. The van der Waals surface area contributed by atoms with E-state index in [0.717, 1.165) is 25.7 Å². The van der Waals surface area contributed by atoms with Crippen LogP contribution in [0, 0.1) is 5.92 Å². The molecule has 74 valence electrons. The Hall–Kier alpha value is -0.160. The highest BCUT2D eigenvalue weighted by Crippen LogP contribution is 2.13. The molecule has 0 unspecified atom stereocenters. The van der Waals surface area contributed by atoms with Gasteiger partial charge in [-0.15, -0.1) is 0 Å². The number of hydrogen-bond acceptors (Lipinski definition) is 4. The maximum Gasteiger partial charge on any atom is 0.0764 e. The second-order valence-electron chi connectivity index (χ2n) is 2.99. The average Bonchev–Trinajstić information content (AvgIpc) is 2.01. The van der Waals surface area contributed by atoms with Gasteiger partial charge in [-0.2, -0.15) is 0 Å². The first-order chi connectivity index (χ1) is 5.70. The predicted molar refractivity (Wildman–Crippen MR) is 44.7 cm³/mol. The van der Waals surface area contributed by atoms with Crippen LogP contribution in [0.2, 0.25) is 0 Å². The van der Waals surface area contributed by atoms with Crippen LogP contribution in [-0.4, -0.2) is 22.4 Å². The smallest absolute Gasteiger partial charge is 0.0764 e. The molecule has 2 N–H and O–H groups in total. The van der Waals surface area contributed by atoms with Crippen molar-refractivity contribution in [2.45, 2.75) is 39.5 Å². The summed E-state index contributed by atoms with van der Waals surface area (Å²) in [5.74, 6) is 0.432. The highest BCUT2D eigenvalue weighted by molar-refractivity contribution is 4.55. The van der Waals surface area contributed by atoms with E-state index in [1.165, 1.54) is 0 Å². The van der Waals surface area contributed by atoms with Gasteiger partial charge in [0, 0.05) is 0 Å². The van der Waals surface area contributed by atoms with Crippen molar-refractivity contribution in [1.29, 1.82) is 0 Å². The summed E-state index contributed by atoms with van der Waals surface area (Å²) in [7, 11) is 0. The molecule has 4 nitrogen and oxygen atoms in total. The molecule has 0 aliphatic rings. The van der Waals surface area contributed by atoms with Gasteiger partial charge in [0.1, 0.15) is 0 Å². The molecule has 0 atom stereocenters. The second-order valence-corrected chi connectivity index (χ2v) is 2.99. The maximum absolute atomic E-state index is 8.30. The van der Waals surface area contributed by atoms with Gasteiger partial charge >= 0.3 is 0 Å². The molecule has 0 rings (SSSR count). The molecule has 0 aliphatic carbocycles. The molecule has 12 heavy (non-hydrogen) atoms. The molecule has 0 aromatic rings. The fraction of sp³-hybridized carbons (Fsp3) is 1.00. The zero-order valence-corrected chi connectivity index (χ0v) is 7.86. The van der Waals surface area contributed by atoms with E-state index in [9.17, 15) is 0 Å². The highest BCUT2D eigenvalue weighted by Gasteiger charge is 2.08. The maximum atomic E-state index is 8.30. The number of nitrogens with zero attached hydrogens (tertiary/aromatic N) is 1. The summed E-state index contributed by atoms with van der Waals surface area (Å²) in [6.45, 7) is 4.60. The summed E-state index contributed by atoms with van der Waals surface area (Å²) in [4.78, 5) is 4.55. The Balaban J connectivity index is 3.48. The van der Waals surface area contributed by atoms with E-state index >= 15 is 0 Å². The minimum atomic E-state index is -0.210. The molecule has 0 saturated carbocycles. The molecule has 0 saturated heterocycles. The van der Waals surface area contributed by atoms with Gasteiger partial charge in [-0.25, -0.2) is 0 Å². The summed E-state index contributed by atoms with van der Waals surface area (Å²) in [6.07, 6.45) is 4.35. The fourth-order valence-electron chi connectivity index (χ4n) is 1.30. The zero-order valence-electron chi connectivity index (χ0n) is 7.86. The van der Waals surface area contributed by atoms with E-state index in [1.807, 2.05) is 0 Å². The molecule has 0 aromatic heterocycles. The first kappa shape index (κ1) is 11.8. The first-order valence-electron chi connectivity index (χ1n) is 4.51. The quantitative estimate of drug-likeness (QED) is 0.585. The van der Waals surface area contributed by atoms with Crippen molar-refractivity contribution in [2.24, 2.45) is 5.92 Å². The Morgan fingerprint density at radius 2 is 1.67 bits per heavy atom. The van der Waals surface area contributed by atoms with E-state index in [1.54, 1.807) is 0 Å². The van der Waals surface area contributed by atoms with Gasteiger partial charge in [-0.1, -0.05) is 26.7 Å². The molecular weight excluding hydrogens is 158 g/mol. The van der Waals surface area contributed by atoms with E-state index in [4.69, 9.17) is 10.4 Å². The van der Waals surface area contributed by atoms with Gasteiger partial charge in [0.15, 0.2) is 0 Å². The summed E-state index contributed by atoms with van der Waals surface area (Å²) in [5, 5.41) is 16.4. The standard InChI is InChI=1S/C8H19NO3/c1-3-5-8(6-4-2)7-12-9(10)11/h8,10-11H,3-7H2,1-2H3. The first-order valence-corrected chi connectivity index (χ1v) is 4.51. The molecular formula is C8H19NO3. The molecule has 0 radical (unpaired) electrons. The monoisotopic (exact) mass is 177 g/mol. The van der Waals surface area contributed by atoms with E-state index < -0.39 is 0 Å². The van der Waals surface area contributed by atoms with Gasteiger partial charge < -0.3 is 0 Å². The van der Waals surface area contributed by atoms with Crippen LogP contribution in [0.5, 0.6) is 0 Å². The van der Waals surface area contributed by atoms with Crippen LogP contribution in [-0.2, 0) is 4.84 Å². The van der Waals surface area contributed by atoms with E-state index in [2.05, 4.69) is 18.7 Å². The van der Waals surface area contributed by atoms with Crippen LogP contribution in [0.3, 0.4) is 0 Å². The van der Waals surface area contributed by atoms with Crippen molar-refractivity contribution in [1.82, 2.24) is 5.39 Å². The largest absolute Gasteiger partial charge is 0.266 e. The van der Waals surface area contributed by atoms with Gasteiger partial charge in [0.05, 0.1) is 12.0 Å². The molecule has 0 heterocycles. The lowest BCUT2D eigenvalue weighted by Crippen LogP contribution is -2.20. The summed E-state index contributed by atoms with van der Waals surface area (Å²) in [6, 6.07) is 0. The third kappa shape index (κ3) is 6.54. The zero-order chi connectivity index (χ0) is 9.40. The van der Waals surface area contributed by atoms with Crippen LogP contribution >= 0.6 is 0 Å². The Morgan fingerprint density at radius 3 is 2.00 bits per heavy atom. The van der Waals surface area contributed by atoms with Crippen LogP contribution in [0.4, 0.5) is 0 Å². The van der Waals surface area contributed by atoms with Crippen molar-refractivity contribution in [3.63, 3.8) is 0 Å². The van der Waals surface area contributed by atoms with Gasteiger partial charge in [-0.05, 0) is 18.8 Å².